The van der Waals surface area contributed by atoms with E-state index in [1.807, 2.05) is 18.2 Å². The summed E-state index contributed by atoms with van der Waals surface area (Å²) in [7, 11) is 0. The Kier molecular flexibility index (Phi) is 6.95. The average Bonchev–Trinajstić information content (AvgIpc) is 3.46. The Hall–Kier alpha value is -3.02. The van der Waals surface area contributed by atoms with Crippen LogP contribution in [0.5, 0.6) is 0 Å². The number of aliphatic hydroxyl groups excluding tert-OH is 1. The highest BCUT2D eigenvalue weighted by Crippen LogP contribution is 2.63. The fourth-order valence-electron chi connectivity index (χ4n) is 5.37. The number of nitro benzene ring substituents is 1. The van der Waals surface area contributed by atoms with Crippen molar-refractivity contribution in [2.75, 3.05) is 18.0 Å². The lowest BCUT2D eigenvalue weighted by atomic mass is 9.77. The van der Waals surface area contributed by atoms with Crippen molar-refractivity contribution in [3.8, 4) is 0 Å². The van der Waals surface area contributed by atoms with Gasteiger partial charge in [-0.05, 0) is 30.5 Å². The predicted molar refractivity (Wildman–Crippen MR) is 143 cm³/mol. The highest BCUT2D eigenvalue weighted by molar-refractivity contribution is 8.23. The molecule has 9 nitrogen and oxygen atoms in total. The number of nitrogens with zero attached hydrogens (tertiary/aromatic N) is 3. The molecule has 37 heavy (non-hydrogen) atoms. The maximum atomic E-state index is 13.3. The number of benzene rings is 2. The number of carbonyl (C=O) groups is 2. The molecule has 11 heteroatoms. The fourth-order valence-corrected chi connectivity index (χ4v) is 8.96. The molecule has 3 heterocycles. The Morgan fingerprint density at radius 2 is 1.95 bits per heavy atom. The molecule has 2 N–H and O–H groups in total. The number of thioether (sulfide) groups is 2. The van der Waals surface area contributed by atoms with Crippen LogP contribution in [0, 0.1) is 16.0 Å². The number of anilines is 1. The number of carboxylic acids is 1. The van der Waals surface area contributed by atoms with Gasteiger partial charge in [0.15, 0.2) is 5.70 Å². The van der Waals surface area contributed by atoms with E-state index < -0.39 is 33.7 Å². The third-order valence-electron chi connectivity index (χ3n) is 7.19. The lowest BCUT2D eigenvalue weighted by Gasteiger charge is -2.54. The van der Waals surface area contributed by atoms with Crippen LogP contribution >= 0.6 is 23.5 Å². The summed E-state index contributed by atoms with van der Waals surface area (Å²) in [6, 6.07) is 16.1. The van der Waals surface area contributed by atoms with Crippen molar-refractivity contribution in [2.24, 2.45) is 5.92 Å². The molecule has 2 fully saturated rings. The van der Waals surface area contributed by atoms with Crippen LogP contribution in [0.25, 0.3) is 0 Å². The third-order valence-corrected chi connectivity index (χ3v) is 10.2. The summed E-state index contributed by atoms with van der Waals surface area (Å²) in [5.41, 5.74) is 1.78. The number of carboxylic acid groups (broad SMARTS) is 1. The van der Waals surface area contributed by atoms with Crippen molar-refractivity contribution in [3.63, 3.8) is 0 Å². The minimum atomic E-state index is -1.17. The van der Waals surface area contributed by atoms with Crippen LogP contribution in [-0.2, 0) is 16.0 Å². The van der Waals surface area contributed by atoms with E-state index in [1.54, 1.807) is 19.1 Å². The molecule has 0 radical (unpaired) electrons. The lowest BCUT2D eigenvalue weighted by Crippen LogP contribution is -2.71. The Morgan fingerprint density at radius 1 is 1.24 bits per heavy atom. The van der Waals surface area contributed by atoms with Crippen LogP contribution in [0.4, 0.5) is 11.4 Å². The lowest BCUT2D eigenvalue weighted by molar-refractivity contribution is -0.384. The summed E-state index contributed by atoms with van der Waals surface area (Å²) in [4.78, 5) is 38.9. The zero-order chi connectivity index (χ0) is 26.3. The first-order valence-corrected chi connectivity index (χ1v) is 13.8. The number of β-lactam (4-membered cyclic amide) rings is 1. The molecule has 0 saturated carbocycles. The van der Waals surface area contributed by atoms with Crippen molar-refractivity contribution < 1.29 is 24.7 Å². The van der Waals surface area contributed by atoms with E-state index in [2.05, 4.69) is 17.0 Å². The van der Waals surface area contributed by atoms with Crippen LogP contribution in [0.3, 0.4) is 0 Å². The normalized spacial score (nSPS) is 25.7. The van der Waals surface area contributed by atoms with Gasteiger partial charge in [-0.1, -0.05) is 49.0 Å². The van der Waals surface area contributed by atoms with Crippen LogP contribution in [-0.4, -0.2) is 61.2 Å². The number of aliphatic carboxylic acids is 1. The molecule has 0 aromatic heterocycles. The fraction of sp³-hybridized carbons (Fsp3) is 0.385. The van der Waals surface area contributed by atoms with Crippen molar-refractivity contribution in [1.29, 1.82) is 0 Å². The number of carbonyl (C=O) groups excluding carboxylic acids is 1. The van der Waals surface area contributed by atoms with Gasteiger partial charge in [0.1, 0.15) is 4.87 Å². The van der Waals surface area contributed by atoms with Crippen molar-refractivity contribution in [3.05, 3.63) is 80.2 Å². The Morgan fingerprint density at radius 3 is 2.57 bits per heavy atom. The standard InChI is InChI=1S/C26H27N3O6S2/c1-2-20(30)21-23(31)28-22(24(32)33)25(36-19-12-13-27(15-19)17-6-4-3-5-7-17)37-26(21,28)14-16-8-10-18(11-9-16)29(34)35/h3-11,19-21,30H,2,12-15H2,1H3,(H,32,33)/t19?,20-,21+,26+/m0/s1. The predicted octanol–water partition coefficient (Wildman–Crippen LogP) is 4.08. The van der Waals surface area contributed by atoms with Gasteiger partial charge in [-0.25, -0.2) is 4.79 Å². The van der Waals surface area contributed by atoms with E-state index in [9.17, 15) is 29.9 Å². The molecule has 1 amide bonds. The number of nitro groups is 1. The number of aliphatic hydroxyl groups is 1. The Labute approximate surface area is 222 Å². The molecule has 1 unspecified atom stereocenters. The van der Waals surface area contributed by atoms with Gasteiger partial charge in [0, 0.05) is 42.6 Å². The molecule has 0 bridgehead atoms. The average molecular weight is 542 g/mol. The maximum Gasteiger partial charge on any atom is 0.354 e. The molecule has 0 aliphatic carbocycles. The summed E-state index contributed by atoms with van der Waals surface area (Å²) in [6.07, 6.45) is 0.576. The first kappa shape index (κ1) is 25.6. The van der Waals surface area contributed by atoms with Gasteiger partial charge in [0.25, 0.3) is 5.69 Å². The summed E-state index contributed by atoms with van der Waals surface area (Å²) in [6.45, 7) is 3.41. The number of amides is 1. The quantitative estimate of drug-likeness (QED) is 0.275. The van der Waals surface area contributed by atoms with E-state index in [1.165, 1.54) is 40.6 Å². The van der Waals surface area contributed by atoms with Gasteiger partial charge in [-0.2, -0.15) is 0 Å². The summed E-state index contributed by atoms with van der Waals surface area (Å²) in [5, 5.41) is 32.2. The van der Waals surface area contributed by atoms with Gasteiger partial charge in [-0.15, -0.1) is 11.8 Å². The topological polar surface area (TPSA) is 124 Å². The second kappa shape index (κ2) is 10.0. The van der Waals surface area contributed by atoms with E-state index in [0.29, 0.717) is 10.7 Å². The Balaban J connectivity index is 1.43. The molecule has 4 atom stereocenters. The second-order valence-corrected chi connectivity index (χ2v) is 12.3. The molecule has 194 valence electrons. The van der Waals surface area contributed by atoms with Gasteiger partial charge < -0.3 is 15.1 Å². The SMILES string of the molecule is CC[C@H](O)[C@@H]1C(=O)N2C(C(=O)O)=C(SC3CCN(c4ccccc4)C3)S[C@]12Cc1ccc([N+](=O)[O-])cc1. The molecule has 3 aliphatic heterocycles. The molecule has 0 spiro atoms. The van der Waals surface area contributed by atoms with Gasteiger partial charge >= 0.3 is 5.97 Å². The van der Waals surface area contributed by atoms with E-state index in [4.69, 9.17) is 0 Å². The minimum Gasteiger partial charge on any atom is -0.477 e. The molecule has 2 aromatic rings. The summed E-state index contributed by atoms with van der Waals surface area (Å²) < 4.78 is 0.577. The molecule has 5 rings (SSSR count). The number of hydrogen-bond donors (Lipinski definition) is 2. The minimum absolute atomic E-state index is 0.0281. The summed E-state index contributed by atoms with van der Waals surface area (Å²) in [5.74, 6) is -2.33. The van der Waals surface area contributed by atoms with Crippen LogP contribution in [0.1, 0.15) is 25.3 Å². The van der Waals surface area contributed by atoms with Crippen LogP contribution in [0.2, 0.25) is 0 Å². The highest BCUT2D eigenvalue weighted by Gasteiger charge is 2.68. The van der Waals surface area contributed by atoms with Crippen molar-refractivity contribution in [1.82, 2.24) is 4.90 Å². The third kappa shape index (κ3) is 4.49. The second-order valence-electron chi connectivity index (χ2n) is 9.43. The molecule has 2 saturated heterocycles. The molecular weight excluding hydrogens is 514 g/mol. The van der Waals surface area contributed by atoms with Gasteiger partial charge in [-0.3, -0.25) is 19.8 Å². The van der Waals surface area contributed by atoms with Gasteiger partial charge in [0.2, 0.25) is 5.91 Å². The van der Waals surface area contributed by atoms with E-state index in [0.717, 1.165) is 30.8 Å². The largest absolute Gasteiger partial charge is 0.477 e. The Bertz CT molecular complexity index is 1250. The van der Waals surface area contributed by atoms with E-state index >= 15 is 0 Å². The summed E-state index contributed by atoms with van der Waals surface area (Å²) >= 11 is 2.83. The number of rotatable bonds is 9. The van der Waals surface area contributed by atoms with Crippen molar-refractivity contribution in [2.45, 2.75) is 42.4 Å². The first-order chi connectivity index (χ1) is 17.7. The zero-order valence-electron chi connectivity index (χ0n) is 20.1. The van der Waals surface area contributed by atoms with Crippen LogP contribution in [0.15, 0.2) is 64.5 Å². The number of non-ortho nitro benzene ring substituents is 1. The first-order valence-electron chi connectivity index (χ1n) is 12.1. The monoisotopic (exact) mass is 541 g/mol. The molecular formula is C26H27N3O6S2. The molecule has 2 aromatic carbocycles. The number of hydrogen-bond acceptors (Lipinski definition) is 8. The molecule has 3 aliphatic rings. The van der Waals surface area contributed by atoms with Crippen LogP contribution < -0.4 is 4.90 Å². The number of para-hydroxylation sites is 1. The smallest absolute Gasteiger partial charge is 0.354 e. The van der Waals surface area contributed by atoms with Gasteiger partial charge in [0.05, 0.1) is 21.2 Å². The maximum absolute atomic E-state index is 13.3. The number of fused-ring (bicyclic) bond motifs is 1. The van der Waals surface area contributed by atoms with Crippen molar-refractivity contribution >= 4 is 46.8 Å². The zero-order valence-corrected chi connectivity index (χ0v) is 21.8. The van der Waals surface area contributed by atoms with E-state index in [-0.39, 0.29) is 23.1 Å². The highest BCUT2D eigenvalue weighted by atomic mass is 32.2.